The van der Waals surface area contributed by atoms with Crippen molar-refractivity contribution in [3.63, 3.8) is 0 Å². The Morgan fingerprint density at radius 1 is 1.15 bits per heavy atom. The molecule has 0 bridgehead atoms. The first-order valence-corrected chi connectivity index (χ1v) is 7.55. The first kappa shape index (κ1) is 14.6. The predicted molar refractivity (Wildman–Crippen MR) is 85.8 cm³/mol. The number of rotatable bonds is 5. The molecule has 0 spiro atoms. The average Bonchev–Trinajstić information content (AvgIpc) is 2.52. The van der Waals surface area contributed by atoms with Gasteiger partial charge in [-0.15, -0.1) is 0 Å². The highest BCUT2D eigenvalue weighted by molar-refractivity contribution is 5.79. The standard InChI is InChI=1S/C17H25N3/c1-18-17(20-14-16-10-6-3-7-11-16)19-13-12-15-8-4-2-5-9-15/h3,6-8,10-11H,2,4-5,9,12-14H2,1H3,(H2,18,19,20). The van der Waals surface area contributed by atoms with E-state index in [4.69, 9.17) is 0 Å². The zero-order chi connectivity index (χ0) is 14.0. The number of nitrogens with one attached hydrogen (secondary N) is 2. The second-order valence-electron chi connectivity index (χ2n) is 5.20. The van der Waals surface area contributed by atoms with Crippen molar-refractivity contribution in [3.05, 3.63) is 47.5 Å². The summed E-state index contributed by atoms with van der Waals surface area (Å²) >= 11 is 0. The van der Waals surface area contributed by atoms with Gasteiger partial charge < -0.3 is 10.6 Å². The Balaban J connectivity index is 1.69. The molecule has 0 saturated carbocycles. The highest BCUT2D eigenvalue weighted by Crippen LogP contribution is 2.19. The number of aliphatic imine (C=N–C) groups is 1. The molecule has 3 nitrogen and oxygen atoms in total. The Morgan fingerprint density at radius 3 is 2.70 bits per heavy atom. The fourth-order valence-electron chi connectivity index (χ4n) is 2.48. The summed E-state index contributed by atoms with van der Waals surface area (Å²) in [5, 5.41) is 6.73. The molecule has 1 aromatic rings. The quantitative estimate of drug-likeness (QED) is 0.490. The fraction of sp³-hybridized carbons (Fsp3) is 0.471. The van der Waals surface area contributed by atoms with Crippen LogP contribution in [0.5, 0.6) is 0 Å². The van der Waals surface area contributed by atoms with Gasteiger partial charge in [0.25, 0.3) is 0 Å². The van der Waals surface area contributed by atoms with Gasteiger partial charge in [0, 0.05) is 20.1 Å². The molecule has 2 rings (SSSR count). The van der Waals surface area contributed by atoms with Crippen molar-refractivity contribution in [2.75, 3.05) is 13.6 Å². The maximum atomic E-state index is 4.26. The average molecular weight is 271 g/mol. The van der Waals surface area contributed by atoms with E-state index in [2.05, 4.69) is 46.0 Å². The first-order chi connectivity index (χ1) is 9.88. The van der Waals surface area contributed by atoms with Crippen molar-refractivity contribution in [1.29, 1.82) is 0 Å². The maximum absolute atomic E-state index is 4.26. The van der Waals surface area contributed by atoms with Gasteiger partial charge in [-0.2, -0.15) is 0 Å². The van der Waals surface area contributed by atoms with Crippen LogP contribution in [0.3, 0.4) is 0 Å². The Labute approximate surface area is 122 Å². The first-order valence-electron chi connectivity index (χ1n) is 7.55. The molecule has 1 aliphatic rings. The van der Waals surface area contributed by atoms with E-state index in [1.807, 2.05) is 13.1 Å². The predicted octanol–water partition coefficient (Wildman–Crippen LogP) is 3.24. The summed E-state index contributed by atoms with van der Waals surface area (Å²) in [6.45, 7) is 1.77. The van der Waals surface area contributed by atoms with Crippen molar-refractivity contribution in [1.82, 2.24) is 10.6 Å². The van der Waals surface area contributed by atoms with Crippen LogP contribution in [0.2, 0.25) is 0 Å². The highest BCUT2D eigenvalue weighted by atomic mass is 15.2. The third kappa shape index (κ3) is 5.08. The summed E-state index contributed by atoms with van der Waals surface area (Å²) in [5.74, 6) is 0.880. The van der Waals surface area contributed by atoms with Crippen LogP contribution in [0.25, 0.3) is 0 Å². The number of allylic oxidation sites excluding steroid dienone is 1. The maximum Gasteiger partial charge on any atom is 0.191 e. The van der Waals surface area contributed by atoms with E-state index < -0.39 is 0 Å². The summed E-state index contributed by atoms with van der Waals surface area (Å²) in [6.07, 6.45) is 8.79. The van der Waals surface area contributed by atoms with Crippen LogP contribution in [0, 0.1) is 0 Å². The van der Waals surface area contributed by atoms with E-state index in [1.54, 1.807) is 5.57 Å². The zero-order valence-electron chi connectivity index (χ0n) is 12.4. The van der Waals surface area contributed by atoms with Gasteiger partial charge in [0.05, 0.1) is 0 Å². The zero-order valence-corrected chi connectivity index (χ0v) is 12.4. The molecule has 0 unspecified atom stereocenters. The number of guanidine groups is 1. The molecule has 0 radical (unpaired) electrons. The summed E-state index contributed by atoms with van der Waals surface area (Å²) in [4.78, 5) is 4.26. The van der Waals surface area contributed by atoms with Crippen LogP contribution in [0.15, 0.2) is 47.0 Å². The minimum atomic E-state index is 0.809. The van der Waals surface area contributed by atoms with E-state index in [1.165, 1.54) is 31.2 Å². The summed E-state index contributed by atoms with van der Waals surface area (Å²) in [5.41, 5.74) is 2.87. The van der Waals surface area contributed by atoms with Crippen LogP contribution < -0.4 is 10.6 Å². The molecular weight excluding hydrogens is 246 g/mol. The Hall–Kier alpha value is -1.77. The Morgan fingerprint density at radius 2 is 2.00 bits per heavy atom. The molecule has 20 heavy (non-hydrogen) atoms. The molecule has 2 N–H and O–H groups in total. The van der Waals surface area contributed by atoms with Crippen LogP contribution in [0.1, 0.15) is 37.7 Å². The Kier molecular flexibility index (Phi) is 6.15. The molecule has 1 aliphatic carbocycles. The van der Waals surface area contributed by atoms with Gasteiger partial charge in [0.1, 0.15) is 0 Å². The largest absolute Gasteiger partial charge is 0.356 e. The summed E-state index contributed by atoms with van der Waals surface area (Å²) in [7, 11) is 1.82. The van der Waals surface area contributed by atoms with Gasteiger partial charge in [-0.05, 0) is 37.7 Å². The lowest BCUT2D eigenvalue weighted by Gasteiger charge is -2.15. The lowest BCUT2D eigenvalue weighted by Crippen LogP contribution is -2.37. The number of hydrogen-bond donors (Lipinski definition) is 2. The van der Waals surface area contributed by atoms with Crippen LogP contribution in [-0.2, 0) is 6.54 Å². The van der Waals surface area contributed by atoms with Crippen molar-refractivity contribution in [3.8, 4) is 0 Å². The van der Waals surface area contributed by atoms with E-state index >= 15 is 0 Å². The molecule has 0 amide bonds. The molecule has 108 valence electrons. The van der Waals surface area contributed by atoms with Gasteiger partial charge >= 0.3 is 0 Å². The van der Waals surface area contributed by atoms with Gasteiger partial charge in [0.2, 0.25) is 0 Å². The molecule has 0 heterocycles. The lowest BCUT2D eigenvalue weighted by molar-refractivity contribution is 0.665. The molecule has 3 heteroatoms. The van der Waals surface area contributed by atoms with Gasteiger partial charge in [-0.3, -0.25) is 4.99 Å². The van der Waals surface area contributed by atoms with Crippen molar-refractivity contribution in [2.45, 2.75) is 38.6 Å². The van der Waals surface area contributed by atoms with Crippen molar-refractivity contribution < 1.29 is 0 Å². The number of benzene rings is 1. The monoisotopic (exact) mass is 271 g/mol. The molecule has 1 aromatic carbocycles. The van der Waals surface area contributed by atoms with Crippen molar-refractivity contribution in [2.24, 2.45) is 4.99 Å². The third-order valence-electron chi connectivity index (χ3n) is 3.65. The third-order valence-corrected chi connectivity index (χ3v) is 3.65. The molecule has 0 aromatic heterocycles. The van der Waals surface area contributed by atoms with Gasteiger partial charge in [0.15, 0.2) is 5.96 Å². The second-order valence-corrected chi connectivity index (χ2v) is 5.20. The fourth-order valence-corrected chi connectivity index (χ4v) is 2.48. The van der Waals surface area contributed by atoms with E-state index in [0.717, 1.165) is 25.5 Å². The summed E-state index contributed by atoms with van der Waals surface area (Å²) in [6, 6.07) is 10.4. The second kappa shape index (κ2) is 8.41. The van der Waals surface area contributed by atoms with Crippen LogP contribution in [-0.4, -0.2) is 19.6 Å². The SMILES string of the molecule is CN=C(NCCC1=CCCCC1)NCc1ccccc1. The normalized spacial score (nSPS) is 15.7. The molecular formula is C17H25N3. The van der Waals surface area contributed by atoms with E-state index in [-0.39, 0.29) is 0 Å². The molecule has 0 atom stereocenters. The topological polar surface area (TPSA) is 36.4 Å². The van der Waals surface area contributed by atoms with E-state index in [0.29, 0.717) is 0 Å². The van der Waals surface area contributed by atoms with Crippen molar-refractivity contribution >= 4 is 5.96 Å². The highest BCUT2D eigenvalue weighted by Gasteiger charge is 2.04. The summed E-state index contributed by atoms with van der Waals surface area (Å²) < 4.78 is 0. The minimum Gasteiger partial charge on any atom is -0.356 e. The smallest absolute Gasteiger partial charge is 0.191 e. The van der Waals surface area contributed by atoms with Gasteiger partial charge in [-0.1, -0.05) is 42.0 Å². The minimum absolute atomic E-state index is 0.809. The Bertz CT molecular complexity index is 449. The lowest BCUT2D eigenvalue weighted by atomic mass is 9.97. The molecule has 0 fully saturated rings. The molecule has 0 aliphatic heterocycles. The number of hydrogen-bond acceptors (Lipinski definition) is 1. The van der Waals surface area contributed by atoms with Crippen LogP contribution in [0.4, 0.5) is 0 Å². The number of nitrogens with zero attached hydrogens (tertiary/aromatic N) is 1. The molecule has 0 saturated heterocycles. The van der Waals surface area contributed by atoms with Gasteiger partial charge in [-0.25, -0.2) is 0 Å². The van der Waals surface area contributed by atoms with E-state index in [9.17, 15) is 0 Å². The van der Waals surface area contributed by atoms with Crippen LogP contribution >= 0.6 is 0 Å².